The van der Waals surface area contributed by atoms with Crippen LogP contribution in [0.2, 0.25) is 0 Å². The van der Waals surface area contributed by atoms with Crippen LogP contribution in [0.3, 0.4) is 0 Å². The minimum Gasteiger partial charge on any atom is -0.479 e. The fourth-order valence-corrected chi connectivity index (χ4v) is 3.32. The summed E-state index contributed by atoms with van der Waals surface area (Å²) >= 11 is 0. The molecule has 28 heavy (non-hydrogen) atoms. The SMILES string of the molecule is Cc1cccc(C(NC(=O)N2CCN(c3ncnc(C)c3C)CC2)C(=O)O)c1. The van der Waals surface area contributed by atoms with Gasteiger partial charge in [-0.3, -0.25) is 0 Å². The maximum Gasteiger partial charge on any atom is 0.330 e. The molecule has 2 N–H and O–H groups in total. The summed E-state index contributed by atoms with van der Waals surface area (Å²) in [6.07, 6.45) is 1.55. The van der Waals surface area contributed by atoms with Gasteiger partial charge in [0.05, 0.1) is 0 Å². The highest BCUT2D eigenvalue weighted by Gasteiger charge is 2.28. The molecule has 1 aromatic heterocycles. The van der Waals surface area contributed by atoms with Gasteiger partial charge in [-0.05, 0) is 26.3 Å². The number of nitrogens with zero attached hydrogens (tertiary/aromatic N) is 4. The number of carboxylic acids is 1. The highest BCUT2D eigenvalue weighted by Crippen LogP contribution is 2.20. The highest BCUT2D eigenvalue weighted by atomic mass is 16.4. The van der Waals surface area contributed by atoms with Gasteiger partial charge >= 0.3 is 12.0 Å². The number of aryl methyl sites for hydroxylation is 2. The molecular formula is C20H25N5O3. The minimum absolute atomic E-state index is 0.371. The van der Waals surface area contributed by atoms with E-state index in [1.165, 1.54) is 0 Å². The van der Waals surface area contributed by atoms with E-state index in [0.717, 1.165) is 22.6 Å². The van der Waals surface area contributed by atoms with E-state index in [4.69, 9.17) is 0 Å². The average Bonchev–Trinajstić information content (AvgIpc) is 2.68. The van der Waals surface area contributed by atoms with E-state index < -0.39 is 12.0 Å². The molecule has 3 rings (SSSR count). The molecule has 2 heterocycles. The van der Waals surface area contributed by atoms with E-state index in [9.17, 15) is 14.7 Å². The zero-order chi connectivity index (χ0) is 20.3. The summed E-state index contributed by atoms with van der Waals surface area (Å²) in [7, 11) is 0. The van der Waals surface area contributed by atoms with Crippen LogP contribution in [-0.2, 0) is 4.79 Å². The molecule has 1 aliphatic heterocycles. The van der Waals surface area contributed by atoms with Crippen LogP contribution in [0, 0.1) is 20.8 Å². The Kier molecular flexibility index (Phi) is 5.77. The molecule has 1 unspecified atom stereocenters. The maximum atomic E-state index is 12.6. The predicted molar refractivity (Wildman–Crippen MR) is 105 cm³/mol. The van der Waals surface area contributed by atoms with Crippen molar-refractivity contribution in [3.05, 3.63) is 53.0 Å². The molecule has 2 amide bonds. The second kappa shape index (κ2) is 8.24. The first-order valence-corrected chi connectivity index (χ1v) is 9.24. The van der Waals surface area contributed by atoms with Crippen LogP contribution in [0.25, 0.3) is 0 Å². The number of benzene rings is 1. The van der Waals surface area contributed by atoms with E-state index >= 15 is 0 Å². The Morgan fingerprint density at radius 2 is 1.82 bits per heavy atom. The third-order valence-electron chi connectivity index (χ3n) is 5.07. The number of hydrogen-bond donors (Lipinski definition) is 2. The molecular weight excluding hydrogens is 358 g/mol. The van der Waals surface area contributed by atoms with Crippen molar-refractivity contribution in [1.29, 1.82) is 0 Å². The summed E-state index contributed by atoms with van der Waals surface area (Å²) < 4.78 is 0. The van der Waals surface area contributed by atoms with Crippen molar-refractivity contribution >= 4 is 17.8 Å². The number of aliphatic carboxylic acids is 1. The van der Waals surface area contributed by atoms with Gasteiger partial charge in [0.2, 0.25) is 0 Å². The molecule has 8 heteroatoms. The number of anilines is 1. The van der Waals surface area contributed by atoms with Crippen molar-refractivity contribution in [2.45, 2.75) is 26.8 Å². The number of carbonyl (C=O) groups excluding carboxylic acids is 1. The lowest BCUT2D eigenvalue weighted by atomic mass is 10.0. The minimum atomic E-state index is -1.08. The second-order valence-electron chi connectivity index (χ2n) is 7.02. The fraction of sp³-hybridized carbons (Fsp3) is 0.400. The zero-order valence-corrected chi connectivity index (χ0v) is 16.3. The number of piperazine rings is 1. The Labute approximate surface area is 164 Å². The highest BCUT2D eigenvalue weighted by molar-refractivity contribution is 5.84. The van der Waals surface area contributed by atoms with Crippen LogP contribution >= 0.6 is 0 Å². The van der Waals surface area contributed by atoms with Crippen molar-refractivity contribution < 1.29 is 14.7 Å². The van der Waals surface area contributed by atoms with Crippen LogP contribution in [-0.4, -0.2) is 58.2 Å². The van der Waals surface area contributed by atoms with Crippen molar-refractivity contribution in [2.75, 3.05) is 31.1 Å². The molecule has 148 valence electrons. The summed E-state index contributed by atoms with van der Waals surface area (Å²) in [5, 5.41) is 12.2. The lowest BCUT2D eigenvalue weighted by molar-refractivity contribution is -0.139. The van der Waals surface area contributed by atoms with Crippen molar-refractivity contribution in [1.82, 2.24) is 20.2 Å². The third kappa shape index (κ3) is 4.21. The summed E-state index contributed by atoms with van der Waals surface area (Å²) in [5.74, 6) is -0.194. The van der Waals surface area contributed by atoms with Gasteiger partial charge in [-0.15, -0.1) is 0 Å². The van der Waals surface area contributed by atoms with E-state index in [2.05, 4.69) is 20.2 Å². The number of hydrogen-bond acceptors (Lipinski definition) is 5. The predicted octanol–water partition coefficient (Wildman–Crippen LogP) is 2.06. The summed E-state index contributed by atoms with van der Waals surface area (Å²) in [4.78, 5) is 36.7. The van der Waals surface area contributed by atoms with E-state index in [0.29, 0.717) is 31.7 Å². The first-order chi connectivity index (χ1) is 13.4. The molecule has 0 bridgehead atoms. The van der Waals surface area contributed by atoms with Crippen LogP contribution in [0.1, 0.15) is 28.4 Å². The smallest absolute Gasteiger partial charge is 0.330 e. The molecule has 2 aromatic rings. The third-order valence-corrected chi connectivity index (χ3v) is 5.07. The van der Waals surface area contributed by atoms with E-state index in [-0.39, 0.29) is 6.03 Å². The van der Waals surface area contributed by atoms with Crippen LogP contribution in [0.5, 0.6) is 0 Å². The van der Waals surface area contributed by atoms with Gasteiger partial charge in [0, 0.05) is 37.4 Å². The lowest BCUT2D eigenvalue weighted by Gasteiger charge is -2.36. The van der Waals surface area contributed by atoms with Gasteiger partial charge < -0.3 is 20.2 Å². The quantitative estimate of drug-likeness (QED) is 0.839. The van der Waals surface area contributed by atoms with E-state index in [1.54, 1.807) is 29.4 Å². The number of amides is 2. The molecule has 1 saturated heterocycles. The Hall–Kier alpha value is -3.16. The van der Waals surface area contributed by atoms with Crippen molar-refractivity contribution in [2.24, 2.45) is 0 Å². The topological polar surface area (TPSA) is 98.7 Å². The summed E-state index contributed by atoms with van der Waals surface area (Å²) in [6, 6.07) is 5.72. The number of urea groups is 1. The largest absolute Gasteiger partial charge is 0.479 e. The molecule has 0 aliphatic carbocycles. The Bertz CT molecular complexity index is 878. The van der Waals surface area contributed by atoms with E-state index in [1.807, 2.05) is 26.8 Å². The van der Waals surface area contributed by atoms with Gasteiger partial charge in [0.1, 0.15) is 12.1 Å². The fourth-order valence-electron chi connectivity index (χ4n) is 3.32. The van der Waals surface area contributed by atoms with Crippen molar-refractivity contribution in [3.8, 4) is 0 Å². The summed E-state index contributed by atoms with van der Waals surface area (Å²) in [5.41, 5.74) is 3.48. The molecule has 0 spiro atoms. The molecule has 0 saturated carbocycles. The molecule has 1 fully saturated rings. The second-order valence-corrected chi connectivity index (χ2v) is 7.02. The number of rotatable bonds is 4. The normalized spacial score (nSPS) is 15.2. The average molecular weight is 383 g/mol. The maximum absolute atomic E-state index is 12.6. The Balaban J connectivity index is 1.64. The van der Waals surface area contributed by atoms with Crippen molar-refractivity contribution in [3.63, 3.8) is 0 Å². The number of carbonyl (C=O) groups is 2. The van der Waals surface area contributed by atoms with Crippen LogP contribution in [0.4, 0.5) is 10.6 Å². The Morgan fingerprint density at radius 3 is 2.46 bits per heavy atom. The zero-order valence-electron chi connectivity index (χ0n) is 16.3. The standard InChI is InChI=1S/C20H25N5O3/c1-13-5-4-6-16(11-13)17(19(26)27)23-20(28)25-9-7-24(8-10-25)18-14(2)15(3)21-12-22-18/h4-6,11-12,17H,7-10H2,1-3H3,(H,23,28)(H,26,27). The summed E-state index contributed by atoms with van der Waals surface area (Å²) in [6.45, 7) is 8.08. The molecule has 8 nitrogen and oxygen atoms in total. The lowest BCUT2D eigenvalue weighted by Crippen LogP contribution is -2.53. The monoisotopic (exact) mass is 383 g/mol. The van der Waals surface area contributed by atoms with Gasteiger partial charge in [0.25, 0.3) is 0 Å². The Morgan fingerprint density at radius 1 is 1.11 bits per heavy atom. The number of carboxylic acid groups (broad SMARTS) is 1. The van der Waals surface area contributed by atoms with Crippen LogP contribution < -0.4 is 10.2 Å². The van der Waals surface area contributed by atoms with Gasteiger partial charge in [-0.2, -0.15) is 0 Å². The molecule has 1 atom stereocenters. The first-order valence-electron chi connectivity index (χ1n) is 9.24. The molecule has 1 aliphatic rings. The number of nitrogens with one attached hydrogen (secondary N) is 1. The number of aromatic nitrogens is 2. The van der Waals surface area contributed by atoms with Gasteiger partial charge in [0.15, 0.2) is 6.04 Å². The molecule has 0 radical (unpaired) electrons. The van der Waals surface area contributed by atoms with Crippen LogP contribution in [0.15, 0.2) is 30.6 Å². The first kappa shape index (κ1) is 19.6. The van der Waals surface area contributed by atoms with Gasteiger partial charge in [-0.1, -0.05) is 29.8 Å². The van der Waals surface area contributed by atoms with Gasteiger partial charge in [-0.25, -0.2) is 19.6 Å². The molecule has 1 aromatic carbocycles.